The van der Waals surface area contributed by atoms with Crippen LogP contribution in [0.4, 0.5) is 0 Å². The zero-order chi connectivity index (χ0) is 8.10. The Balaban J connectivity index is 2.66. The molecule has 0 N–H and O–H groups in total. The van der Waals surface area contributed by atoms with Crippen LogP contribution >= 0.6 is 23.0 Å². The standard InChI is InChI=1S/C8H9IO2/c1-2-7-3-5-8(6-4-7)10-11-9/h3-6H,2H2,1H3. The van der Waals surface area contributed by atoms with E-state index in [4.69, 9.17) is 4.89 Å². The van der Waals surface area contributed by atoms with E-state index < -0.39 is 0 Å². The van der Waals surface area contributed by atoms with Gasteiger partial charge >= 0.3 is 0 Å². The van der Waals surface area contributed by atoms with Gasteiger partial charge in [0.15, 0.2) is 28.8 Å². The van der Waals surface area contributed by atoms with Gasteiger partial charge in [0.2, 0.25) is 0 Å². The molecule has 0 unspecified atom stereocenters. The molecule has 0 heterocycles. The van der Waals surface area contributed by atoms with E-state index in [-0.39, 0.29) is 0 Å². The molecule has 0 amide bonds. The predicted octanol–water partition coefficient (Wildman–Crippen LogP) is 2.91. The lowest BCUT2D eigenvalue weighted by Crippen LogP contribution is -1.85. The van der Waals surface area contributed by atoms with E-state index in [9.17, 15) is 0 Å². The van der Waals surface area contributed by atoms with Crippen molar-refractivity contribution >= 4 is 23.0 Å². The van der Waals surface area contributed by atoms with Crippen LogP contribution in [-0.2, 0) is 9.64 Å². The SMILES string of the molecule is CCc1ccc(OOI)cc1. The molecule has 0 saturated heterocycles. The third kappa shape index (κ3) is 2.67. The number of aryl methyl sites for hydroxylation is 1. The summed E-state index contributed by atoms with van der Waals surface area (Å²) in [5, 5.41) is 0. The van der Waals surface area contributed by atoms with Crippen LogP contribution in [0, 0.1) is 0 Å². The summed E-state index contributed by atoms with van der Waals surface area (Å²) < 4.78 is 4.47. The largest absolute Gasteiger partial charge is 0.327 e. The Morgan fingerprint density at radius 3 is 2.36 bits per heavy atom. The maximum Gasteiger partial charge on any atom is 0.170 e. The third-order valence-electron chi connectivity index (χ3n) is 1.46. The second-order valence-electron chi connectivity index (χ2n) is 2.14. The smallest absolute Gasteiger partial charge is 0.170 e. The third-order valence-corrected chi connectivity index (χ3v) is 1.64. The predicted molar refractivity (Wildman–Crippen MR) is 51.6 cm³/mol. The van der Waals surface area contributed by atoms with Gasteiger partial charge in [0, 0.05) is 0 Å². The maximum atomic E-state index is 4.79. The van der Waals surface area contributed by atoms with Gasteiger partial charge in [0.25, 0.3) is 0 Å². The lowest BCUT2D eigenvalue weighted by Gasteiger charge is -1.99. The van der Waals surface area contributed by atoms with Gasteiger partial charge in [-0.1, -0.05) is 19.1 Å². The molecule has 0 aliphatic carbocycles. The first-order valence-electron chi connectivity index (χ1n) is 3.41. The number of halogens is 1. The molecular weight excluding hydrogens is 255 g/mol. The average Bonchev–Trinajstić information content (AvgIpc) is 2.07. The van der Waals surface area contributed by atoms with Crippen LogP contribution in [0.3, 0.4) is 0 Å². The van der Waals surface area contributed by atoms with E-state index in [1.165, 1.54) is 5.56 Å². The summed E-state index contributed by atoms with van der Waals surface area (Å²) >= 11 is 1.69. The van der Waals surface area contributed by atoms with Crippen molar-refractivity contribution in [2.24, 2.45) is 0 Å². The number of hydrogen-bond acceptors (Lipinski definition) is 2. The Bertz CT molecular complexity index is 208. The first-order chi connectivity index (χ1) is 5.36. The van der Waals surface area contributed by atoms with Crippen LogP contribution in [0.2, 0.25) is 0 Å². The minimum atomic E-state index is 0.733. The van der Waals surface area contributed by atoms with Gasteiger partial charge in [-0.25, -0.2) is 0 Å². The second kappa shape index (κ2) is 4.56. The molecule has 0 aromatic heterocycles. The van der Waals surface area contributed by atoms with E-state index >= 15 is 0 Å². The second-order valence-corrected chi connectivity index (χ2v) is 2.50. The molecule has 1 rings (SSSR count). The van der Waals surface area contributed by atoms with Crippen molar-refractivity contribution in [2.45, 2.75) is 13.3 Å². The summed E-state index contributed by atoms with van der Waals surface area (Å²) in [5.74, 6) is 0.733. The van der Waals surface area contributed by atoms with Crippen molar-refractivity contribution < 1.29 is 8.10 Å². The Hall–Kier alpha value is -0.290. The first-order valence-corrected chi connectivity index (χ1v) is 4.29. The van der Waals surface area contributed by atoms with E-state index in [1.807, 2.05) is 24.3 Å². The zero-order valence-corrected chi connectivity index (χ0v) is 8.37. The van der Waals surface area contributed by atoms with E-state index in [0.29, 0.717) is 0 Å². The minimum Gasteiger partial charge on any atom is -0.327 e. The Morgan fingerprint density at radius 2 is 1.91 bits per heavy atom. The van der Waals surface area contributed by atoms with E-state index in [2.05, 4.69) is 10.1 Å². The highest BCUT2D eigenvalue weighted by Gasteiger charge is 1.92. The van der Waals surface area contributed by atoms with Crippen LogP contribution < -0.4 is 4.89 Å². The Kier molecular flexibility index (Phi) is 3.65. The fraction of sp³-hybridized carbons (Fsp3) is 0.250. The summed E-state index contributed by atoms with van der Waals surface area (Å²) in [6.45, 7) is 2.12. The highest BCUT2D eigenvalue weighted by Crippen LogP contribution is 2.13. The molecule has 0 atom stereocenters. The average molecular weight is 264 g/mol. The molecule has 3 heteroatoms. The van der Waals surface area contributed by atoms with Gasteiger partial charge in [0.05, 0.1) is 0 Å². The summed E-state index contributed by atoms with van der Waals surface area (Å²) in [6.07, 6.45) is 1.05. The lowest BCUT2D eigenvalue weighted by molar-refractivity contribution is -0.0471. The van der Waals surface area contributed by atoms with Gasteiger partial charge in [-0.3, -0.25) is 0 Å². The van der Waals surface area contributed by atoms with Crippen LogP contribution in [0.15, 0.2) is 24.3 Å². The molecule has 0 spiro atoms. The highest BCUT2D eigenvalue weighted by atomic mass is 127. The number of benzene rings is 1. The van der Waals surface area contributed by atoms with Crippen molar-refractivity contribution in [1.29, 1.82) is 0 Å². The molecule has 1 aromatic carbocycles. The summed E-state index contributed by atoms with van der Waals surface area (Å²) in [4.78, 5) is 4.79. The molecule has 0 radical (unpaired) electrons. The molecule has 60 valence electrons. The monoisotopic (exact) mass is 264 g/mol. The van der Waals surface area contributed by atoms with Crippen molar-refractivity contribution in [3.63, 3.8) is 0 Å². The fourth-order valence-electron chi connectivity index (χ4n) is 0.817. The molecule has 2 nitrogen and oxygen atoms in total. The summed E-state index contributed by atoms with van der Waals surface area (Å²) in [7, 11) is 0. The molecule has 0 aliphatic rings. The normalized spacial score (nSPS) is 9.64. The molecule has 0 fully saturated rings. The van der Waals surface area contributed by atoms with Crippen LogP contribution in [-0.4, -0.2) is 0 Å². The number of rotatable bonds is 3. The summed E-state index contributed by atoms with van der Waals surface area (Å²) in [5.41, 5.74) is 1.30. The molecule has 0 aliphatic heterocycles. The van der Waals surface area contributed by atoms with Crippen molar-refractivity contribution in [3.8, 4) is 5.75 Å². The van der Waals surface area contributed by atoms with Gasteiger partial charge in [0.1, 0.15) is 0 Å². The van der Waals surface area contributed by atoms with Crippen molar-refractivity contribution in [3.05, 3.63) is 29.8 Å². The molecule has 11 heavy (non-hydrogen) atoms. The maximum absolute atomic E-state index is 4.79. The van der Waals surface area contributed by atoms with E-state index in [1.54, 1.807) is 23.0 Å². The van der Waals surface area contributed by atoms with Gasteiger partial charge in [-0.15, -0.1) is 3.22 Å². The molecule has 0 bridgehead atoms. The molecular formula is C8H9IO2. The van der Waals surface area contributed by atoms with Crippen molar-refractivity contribution in [2.75, 3.05) is 0 Å². The van der Waals surface area contributed by atoms with E-state index in [0.717, 1.165) is 12.2 Å². The van der Waals surface area contributed by atoms with Gasteiger partial charge in [-0.2, -0.15) is 0 Å². The van der Waals surface area contributed by atoms with Crippen LogP contribution in [0.5, 0.6) is 5.75 Å². The Labute approximate surface area is 80.1 Å². The quantitative estimate of drug-likeness (QED) is 0.474. The fourth-order valence-corrected chi connectivity index (χ4v) is 1.02. The van der Waals surface area contributed by atoms with Gasteiger partial charge < -0.3 is 4.89 Å². The van der Waals surface area contributed by atoms with Crippen LogP contribution in [0.1, 0.15) is 12.5 Å². The topological polar surface area (TPSA) is 18.5 Å². The summed E-state index contributed by atoms with van der Waals surface area (Å²) in [6, 6.07) is 7.81. The number of hydrogen-bond donors (Lipinski definition) is 0. The van der Waals surface area contributed by atoms with Crippen LogP contribution in [0.25, 0.3) is 0 Å². The lowest BCUT2D eigenvalue weighted by atomic mass is 10.2. The van der Waals surface area contributed by atoms with Gasteiger partial charge in [-0.05, 0) is 24.1 Å². The Morgan fingerprint density at radius 1 is 1.27 bits per heavy atom. The minimum absolute atomic E-state index is 0.733. The first kappa shape index (κ1) is 8.80. The highest BCUT2D eigenvalue weighted by molar-refractivity contribution is 14.1. The zero-order valence-electron chi connectivity index (χ0n) is 6.21. The van der Waals surface area contributed by atoms with Crippen molar-refractivity contribution in [1.82, 2.24) is 0 Å². The molecule has 0 saturated carbocycles. The molecule has 1 aromatic rings.